The first-order valence-corrected chi connectivity index (χ1v) is 2.83. The highest BCUT2D eigenvalue weighted by Gasteiger charge is 1.68. The Hall–Kier alpha value is -1.06. The molecule has 9 heavy (non-hydrogen) atoms. The lowest BCUT2D eigenvalue weighted by atomic mass is 10.3. The molecule has 0 heterocycles. The molecular weight excluding hydrogens is 116 g/mol. The van der Waals surface area contributed by atoms with E-state index in [1.54, 1.807) is 6.20 Å². The third-order valence-corrected chi connectivity index (χ3v) is 0.724. The van der Waals surface area contributed by atoms with Gasteiger partial charge in [0.25, 0.3) is 0 Å². The molecule has 0 aromatic carbocycles. The quantitative estimate of drug-likeness (QED) is 0.444. The molecular formula is C5H10N4. The maximum atomic E-state index is 6.21. The second-order valence-corrected chi connectivity index (χ2v) is 1.48. The first kappa shape index (κ1) is 7.94. The molecule has 4 nitrogen and oxygen atoms in total. The van der Waals surface area contributed by atoms with Crippen LogP contribution in [0.2, 0.25) is 0 Å². The molecule has 0 saturated carbocycles. The molecule has 4 heteroatoms. The van der Waals surface area contributed by atoms with Crippen molar-refractivity contribution in [3.63, 3.8) is 0 Å². The molecule has 0 radical (unpaired) electrons. The molecule has 0 aliphatic rings. The molecule has 50 valence electrons. The van der Waals surface area contributed by atoms with Gasteiger partial charge in [-0.3, -0.25) is 0 Å². The zero-order valence-electron chi connectivity index (χ0n) is 5.41. The van der Waals surface area contributed by atoms with Crippen LogP contribution in [0.3, 0.4) is 0 Å². The second kappa shape index (κ2) is 6.94. The molecule has 0 fully saturated rings. The van der Waals surface area contributed by atoms with Crippen molar-refractivity contribution >= 4 is 0 Å². The normalized spacial score (nSPS) is 11.2. The summed E-state index contributed by atoms with van der Waals surface area (Å²) in [5, 5.41) is 9.18. The van der Waals surface area contributed by atoms with Crippen LogP contribution >= 0.6 is 0 Å². The van der Waals surface area contributed by atoms with Gasteiger partial charge in [-0.2, -0.15) is 5.53 Å². The SMILES string of the molecule is CCCC=CN=NN=N. The maximum absolute atomic E-state index is 6.21. The number of nitrogens with one attached hydrogen (secondary N) is 1. The van der Waals surface area contributed by atoms with Gasteiger partial charge in [0, 0.05) is 6.20 Å². The summed E-state index contributed by atoms with van der Waals surface area (Å²) >= 11 is 0. The van der Waals surface area contributed by atoms with Crippen LogP contribution < -0.4 is 0 Å². The van der Waals surface area contributed by atoms with Gasteiger partial charge in [-0.05, 0) is 16.9 Å². The Kier molecular flexibility index (Phi) is 6.12. The summed E-state index contributed by atoms with van der Waals surface area (Å²) in [6, 6.07) is 0. The molecule has 0 aliphatic carbocycles. The molecule has 0 aliphatic heterocycles. The highest BCUT2D eigenvalue weighted by Crippen LogP contribution is 1.88. The Morgan fingerprint density at radius 3 is 2.89 bits per heavy atom. The molecule has 0 atom stereocenters. The second-order valence-electron chi connectivity index (χ2n) is 1.48. The molecule has 0 aromatic heterocycles. The minimum atomic E-state index is 0.997. The van der Waals surface area contributed by atoms with E-state index in [9.17, 15) is 0 Å². The molecule has 0 saturated heterocycles. The molecule has 0 aromatic rings. The summed E-state index contributed by atoms with van der Waals surface area (Å²) < 4.78 is 0. The van der Waals surface area contributed by atoms with Crippen molar-refractivity contribution in [3.8, 4) is 0 Å². The lowest BCUT2D eigenvalue weighted by Gasteiger charge is -1.77. The van der Waals surface area contributed by atoms with Gasteiger partial charge in [-0.15, -0.1) is 5.11 Å². The van der Waals surface area contributed by atoms with E-state index in [-0.39, 0.29) is 0 Å². The Labute approximate surface area is 54.2 Å². The molecule has 0 amide bonds. The van der Waals surface area contributed by atoms with Crippen LogP contribution in [0.4, 0.5) is 0 Å². The highest BCUT2D eigenvalue weighted by atomic mass is 15.4. The number of hydrogen-bond donors (Lipinski definition) is 1. The van der Waals surface area contributed by atoms with E-state index in [0.717, 1.165) is 12.8 Å². The van der Waals surface area contributed by atoms with Crippen molar-refractivity contribution in [1.82, 2.24) is 0 Å². The predicted molar refractivity (Wildman–Crippen MR) is 34.1 cm³/mol. The van der Waals surface area contributed by atoms with Gasteiger partial charge in [0.05, 0.1) is 0 Å². The first-order valence-electron chi connectivity index (χ1n) is 2.83. The number of rotatable bonds is 4. The van der Waals surface area contributed by atoms with Gasteiger partial charge < -0.3 is 0 Å². The summed E-state index contributed by atoms with van der Waals surface area (Å²) in [5.41, 5.74) is 6.21. The van der Waals surface area contributed by atoms with Crippen molar-refractivity contribution in [1.29, 1.82) is 5.53 Å². The summed E-state index contributed by atoms with van der Waals surface area (Å²) in [7, 11) is 0. The first-order chi connectivity index (χ1) is 4.41. The summed E-state index contributed by atoms with van der Waals surface area (Å²) in [6.45, 7) is 2.08. The van der Waals surface area contributed by atoms with Crippen molar-refractivity contribution in [2.75, 3.05) is 0 Å². The van der Waals surface area contributed by atoms with E-state index in [4.69, 9.17) is 5.53 Å². The van der Waals surface area contributed by atoms with E-state index < -0.39 is 0 Å². The van der Waals surface area contributed by atoms with Crippen LogP contribution in [0, 0.1) is 5.53 Å². The fourth-order valence-corrected chi connectivity index (χ4v) is 0.344. The zero-order chi connectivity index (χ0) is 6.95. The van der Waals surface area contributed by atoms with E-state index >= 15 is 0 Å². The fraction of sp³-hybridized carbons (Fsp3) is 0.600. The van der Waals surface area contributed by atoms with Crippen LogP contribution in [0.15, 0.2) is 27.8 Å². The van der Waals surface area contributed by atoms with Gasteiger partial charge in [0.15, 0.2) is 0 Å². The third kappa shape index (κ3) is 6.94. The number of allylic oxidation sites excluding steroid dienone is 1. The lowest BCUT2D eigenvalue weighted by molar-refractivity contribution is 0.898. The molecule has 0 bridgehead atoms. The van der Waals surface area contributed by atoms with Crippen LogP contribution in [0.1, 0.15) is 19.8 Å². The highest BCUT2D eigenvalue weighted by molar-refractivity contribution is 4.76. The van der Waals surface area contributed by atoms with Crippen LogP contribution in [0.5, 0.6) is 0 Å². The van der Waals surface area contributed by atoms with Crippen molar-refractivity contribution in [3.05, 3.63) is 12.3 Å². The number of nitrogens with zero attached hydrogens (tertiary/aromatic N) is 3. The zero-order valence-corrected chi connectivity index (χ0v) is 5.41. The Morgan fingerprint density at radius 2 is 2.33 bits per heavy atom. The van der Waals surface area contributed by atoms with E-state index in [0.29, 0.717) is 0 Å². The Morgan fingerprint density at radius 1 is 1.56 bits per heavy atom. The number of hydrogen-bond acceptors (Lipinski definition) is 2. The fourth-order valence-electron chi connectivity index (χ4n) is 0.344. The van der Waals surface area contributed by atoms with E-state index in [2.05, 4.69) is 22.5 Å². The summed E-state index contributed by atoms with van der Waals surface area (Å²) in [4.78, 5) is 0. The van der Waals surface area contributed by atoms with Gasteiger partial charge in [0.2, 0.25) is 0 Å². The van der Waals surface area contributed by atoms with Crippen molar-refractivity contribution in [2.45, 2.75) is 19.8 Å². The van der Waals surface area contributed by atoms with Gasteiger partial charge >= 0.3 is 0 Å². The monoisotopic (exact) mass is 126 g/mol. The lowest BCUT2D eigenvalue weighted by Crippen LogP contribution is -1.57. The average Bonchev–Trinajstić information content (AvgIpc) is 1.89. The maximum Gasteiger partial charge on any atom is 0.0474 e. The summed E-state index contributed by atoms with van der Waals surface area (Å²) in [5.74, 6) is 0. The van der Waals surface area contributed by atoms with Crippen LogP contribution in [-0.4, -0.2) is 0 Å². The molecule has 0 spiro atoms. The van der Waals surface area contributed by atoms with E-state index in [1.165, 1.54) is 0 Å². The molecule has 0 rings (SSSR count). The topological polar surface area (TPSA) is 60.9 Å². The third-order valence-electron chi connectivity index (χ3n) is 0.724. The minimum absolute atomic E-state index is 0.997. The number of unbranched alkanes of at least 4 members (excludes halogenated alkanes) is 1. The molecule has 0 unspecified atom stereocenters. The van der Waals surface area contributed by atoms with Gasteiger partial charge in [-0.25, -0.2) is 0 Å². The average molecular weight is 126 g/mol. The largest absolute Gasteiger partial charge is 0.183 e. The standard InChI is InChI=1S/C5H10N4/c1-2-3-4-5-7-9-8-6/h4-6H,2-3H2,1H3. The smallest absolute Gasteiger partial charge is 0.0474 e. The van der Waals surface area contributed by atoms with Crippen LogP contribution in [-0.2, 0) is 0 Å². The minimum Gasteiger partial charge on any atom is -0.183 e. The predicted octanol–water partition coefficient (Wildman–Crippen LogP) is 2.70. The van der Waals surface area contributed by atoms with Gasteiger partial charge in [0.1, 0.15) is 0 Å². The van der Waals surface area contributed by atoms with E-state index in [1.807, 2.05) is 6.08 Å². The van der Waals surface area contributed by atoms with Crippen molar-refractivity contribution in [2.24, 2.45) is 15.6 Å². The Bertz CT molecular complexity index is 116. The van der Waals surface area contributed by atoms with Crippen LogP contribution in [0.25, 0.3) is 0 Å². The molecule has 1 N–H and O–H groups in total. The summed E-state index contributed by atoms with van der Waals surface area (Å²) in [6.07, 6.45) is 5.53. The van der Waals surface area contributed by atoms with Gasteiger partial charge in [-0.1, -0.05) is 19.4 Å². The van der Waals surface area contributed by atoms with Crippen molar-refractivity contribution < 1.29 is 0 Å². The Balaban J connectivity index is 3.23.